The van der Waals surface area contributed by atoms with E-state index in [1.54, 1.807) is 0 Å². The fourth-order valence-corrected chi connectivity index (χ4v) is 8.08. The summed E-state index contributed by atoms with van der Waals surface area (Å²) in [5, 5.41) is 5.03. The Kier molecular flexibility index (Phi) is 6.47. The maximum absolute atomic E-state index is 5.08. The first-order valence-corrected chi connectivity index (χ1v) is 17.4. The number of aryl methyl sites for hydroxylation is 1. The molecule has 0 fully saturated rings. The molecular weight excluding hydrogens is 607 g/mol. The molecule has 0 bridgehead atoms. The van der Waals surface area contributed by atoms with Crippen molar-refractivity contribution in [3.8, 4) is 39.1 Å². The Hall–Kier alpha value is -6.45. The number of hydrogen-bond acceptors (Lipinski definition) is 2. The van der Waals surface area contributed by atoms with Gasteiger partial charge in [0.1, 0.15) is 5.82 Å². The van der Waals surface area contributed by atoms with Crippen molar-refractivity contribution in [2.75, 3.05) is 4.90 Å². The molecule has 10 rings (SSSR count). The molecule has 0 N–H and O–H groups in total. The topological polar surface area (TPSA) is 21.1 Å². The van der Waals surface area contributed by atoms with E-state index in [1.165, 1.54) is 54.9 Å². The van der Waals surface area contributed by atoms with Gasteiger partial charge in [-0.15, -0.1) is 0 Å². The summed E-state index contributed by atoms with van der Waals surface area (Å²) in [4.78, 5) is 7.48. The van der Waals surface area contributed by atoms with Crippen molar-refractivity contribution in [2.24, 2.45) is 0 Å². The Morgan fingerprint density at radius 1 is 0.440 bits per heavy atom. The van der Waals surface area contributed by atoms with Crippen LogP contribution in [-0.2, 0) is 6.42 Å². The van der Waals surface area contributed by atoms with Crippen LogP contribution in [0.15, 0.2) is 170 Å². The highest BCUT2D eigenvalue weighted by atomic mass is 15.2. The lowest BCUT2D eigenvalue weighted by atomic mass is 9.85. The first-order chi connectivity index (χ1) is 24.8. The SMILES string of the molecule is CCc1nc2cccc3c2n1-c1ccc(-c2ccc4c(-c5ccccc5)c5ccccc5c(-c5ccccc5)c4c2)cc1N3c1ccccc1. The van der Waals surface area contributed by atoms with Crippen molar-refractivity contribution in [2.45, 2.75) is 13.3 Å². The molecule has 236 valence electrons. The monoisotopic (exact) mass is 639 g/mol. The molecule has 0 saturated carbocycles. The molecule has 0 saturated heterocycles. The predicted octanol–water partition coefficient (Wildman–Crippen LogP) is 12.7. The third kappa shape index (κ3) is 4.27. The lowest BCUT2D eigenvalue weighted by molar-refractivity contribution is 0.900. The summed E-state index contributed by atoms with van der Waals surface area (Å²) in [6.07, 6.45) is 0.852. The molecule has 2 heterocycles. The maximum atomic E-state index is 5.08. The molecule has 0 unspecified atom stereocenters. The number of rotatable bonds is 5. The van der Waals surface area contributed by atoms with Gasteiger partial charge < -0.3 is 4.90 Å². The maximum Gasteiger partial charge on any atom is 0.114 e. The number of nitrogens with zero attached hydrogens (tertiary/aromatic N) is 3. The van der Waals surface area contributed by atoms with Crippen molar-refractivity contribution in [3.05, 3.63) is 176 Å². The van der Waals surface area contributed by atoms with E-state index in [4.69, 9.17) is 4.98 Å². The highest BCUT2D eigenvalue weighted by molar-refractivity contribution is 6.22. The van der Waals surface area contributed by atoms with Crippen LogP contribution in [0.1, 0.15) is 12.7 Å². The van der Waals surface area contributed by atoms with Gasteiger partial charge in [0.15, 0.2) is 0 Å². The molecule has 0 amide bonds. The summed E-state index contributed by atoms with van der Waals surface area (Å²) < 4.78 is 2.37. The van der Waals surface area contributed by atoms with Gasteiger partial charge >= 0.3 is 0 Å². The van der Waals surface area contributed by atoms with E-state index < -0.39 is 0 Å². The van der Waals surface area contributed by atoms with Gasteiger partial charge in [0.2, 0.25) is 0 Å². The summed E-state index contributed by atoms with van der Waals surface area (Å²) in [5.74, 6) is 1.08. The van der Waals surface area contributed by atoms with E-state index in [0.29, 0.717) is 0 Å². The van der Waals surface area contributed by atoms with E-state index in [0.717, 1.165) is 46.0 Å². The number of imidazole rings is 1. The Labute approximate surface area is 291 Å². The van der Waals surface area contributed by atoms with Gasteiger partial charge in [-0.05, 0) is 97.4 Å². The van der Waals surface area contributed by atoms with Crippen molar-refractivity contribution < 1.29 is 0 Å². The average molecular weight is 640 g/mol. The lowest BCUT2D eigenvalue weighted by Gasteiger charge is -2.33. The third-order valence-electron chi connectivity index (χ3n) is 10.2. The van der Waals surface area contributed by atoms with Gasteiger partial charge in [0.05, 0.1) is 28.1 Å². The van der Waals surface area contributed by atoms with E-state index >= 15 is 0 Å². The van der Waals surface area contributed by atoms with Gasteiger partial charge in [-0.1, -0.05) is 134 Å². The van der Waals surface area contributed by atoms with Crippen LogP contribution in [0.25, 0.3) is 71.6 Å². The van der Waals surface area contributed by atoms with Crippen LogP contribution in [0.2, 0.25) is 0 Å². The highest BCUT2D eigenvalue weighted by Crippen LogP contribution is 2.49. The predicted molar refractivity (Wildman–Crippen MR) is 210 cm³/mol. The van der Waals surface area contributed by atoms with Gasteiger partial charge in [0.25, 0.3) is 0 Å². The fraction of sp³-hybridized carbons (Fsp3) is 0.0426. The van der Waals surface area contributed by atoms with Gasteiger partial charge in [-0.25, -0.2) is 4.98 Å². The van der Waals surface area contributed by atoms with Gasteiger partial charge in [-0.3, -0.25) is 4.57 Å². The number of anilines is 3. The quantitative estimate of drug-likeness (QED) is 0.175. The number of fused-ring (bicyclic) bond motifs is 4. The first-order valence-electron chi connectivity index (χ1n) is 17.4. The molecule has 1 aliphatic rings. The van der Waals surface area contributed by atoms with Crippen molar-refractivity contribution >= 4 is 49.6 Å². The standard InChI is InChI=1S/C47H33N3/c1-2-44-48-40-23-14-24-42-47(40)50(44)41-28-26-34(30-43(41)49(42)35-19-10-5-11-20-35)33-25-27-38-39(29-33)46(32-17-8-4-9-18-32)37-22-13-12-21-36(37)45(38)31-15-6-3-7-16-31/h3-30H,2H2,1H3. The second-order valence-electron chi connectivity index (χ2n) is 13.0. The fourth-order valence-electron chi connectivity index (χ4n) is 8.08. The van der Waals surface area contributed by atoms with Crippen LogP contribution in [0, 0.1) is 0 Å². The molecular formula is C47H33N3. The normalized spacial score (nSPS) is 12.1. The van der Waals surface area contributed by atoms with Crippen LogP contribution in [0.3, 0.4) is 0 Å². The largest absolute Gasteiger partial charge is 0.306 e. The van der Waals surface area contributed by atoms with Crippen molar-refractivity contribution in [1.82, 2.24) is 9.55 Å². The molecule has 0 atom stereocenters. The third-order valence-corrected chi connectivity index (χ3v) is 10.2. The van der Waals surface area contributed by atoms with Crippen molar-refractivity contribution in [3.63, 3.8) is 0 Å². The first kappa shape index (κ1) is 28.6. The number of hydrogen-bond donors (Lipinski definition) is 0. The zero-order chi connectivity index (χ0) is 33.2. The van der Waals surface area contributed by atoms with Crippen LogP contribution in [-0.4, -0.2) is 9.55 Å². The zero-order valence-electron chi connectivity index (χ0n) is 27.7. The van der Waals surface area contributed by atoms with Crippen LogP contribution in [0.4, 0.5) is 17.1 Å². The van der Waals surface area contributed by atoms with Crippen LogP contribution >= 0.6 is 0 Å². The molecule has 8 aromatic carbocycles. The molecule has 3 heteroatoms. The minimum Gasteiger partial charge on any atom is -0.306 e. The molecule has 3 nitrogen and oxygen atoms in total. The highest BCUT2D eigenvalue weighted by Gasteiger charge is 2.29. The lowest BCUT2D eigenvalue weighted by Crippen LogP contribution is -2.19. The smallest absolute Gasteiger partial charge is 0.114 e. The molecule has 1 aliphatic heterocycles. The molecule has 0 radical (unpaired) electrons. The van der Waals surface area contributed by atoms with Gasteiger partial charge in [0, 0.05) is 12.1 Å². The molecule has 0 aliphatic carbocycles. The van der Waals surface area contributed by atoms with E-state index in [1.807, 2.05) is 0 Å². The number of para-hydroxylation sites is 2. The summed E-state index contributed by atoms with van der Waals surface area (Å²) in [7, 11) is 0. The molecule has 50 heavy (non-hydrogen) atoms. The molecule has 1 aromatic heterocycles. The Bertz CT molecular complexity index is 2730. The second-order valence-corrected chi connectivity index (χ2v) is 13.0. The van der Waals surface area contributed by atoms with Gasteiger partial charge in [-0.2, -0.15) is 0 Å². The summed E-state index contributed by atoms with van der Waals surface area (Å²) in [6.45, 7) is 2.19. The second kappa shape index (κ2) is 11.3. The zero-order valence-corrected chi connectivity index (χ0v) is 27.7. The van der Waals surface area contributed by atoms with E-state index in [2.05, 4.69) is 186 Å². The molecule has 9 aromatic rings. The Balaban J connectivity index is 1.26. The minimum atomic E-state index is 0.852. The Morgan fingerprint density at radius 3 is 1.70 bits per heavy atom. The summed E-state index contributed by atoms with van der Waals surface area (Å²) in [5.41, 5.74) is 14.1. The van der Waals surface area contributed by atoms with Crippen molar-refractivity contribution in [1.29, 1.82) is 0 Å². The Morgan fingerprint density at radius 2 is 1.02 bits per heavy atom. The van der Waals surface area contributed by atoms with Crippen LogP contribution < -0.4 is 4.90 Å². The molecule has 0 spiro atoms. The number of aromatic nitrogens is 2. The van der Waals surface area contributed by atoms with Crippen LogP contribution in [0.5, 0.6) is 0 Å². The minimum absolute atomic E-state index is 0.852. The summed E-state index contributed by atoms with van der Waals surface area (Å²) in [6, 6.07) is 61.7. The summed E-state index contributed by atoms with van der Waals surface area (Å²) >= 11 is 0. The average Bonchev–Trinajstić information content (AvgIpc) is 3.57. The van der Waals surface area contributed by atoms with E-state index in [-0.39, 0.29) is 0 Å². The number of benzene rings is 8. The van der Waals surface area contributed by atoms with E-state index in [9.17, 15) is 0 Å².